The normalized spacial score (nSPS) is 17.1. The van der Waals surface area contributed by atoms with Crippen molar-refractivity contribution in [3.8, 4) is 0 Å². The zero-order chi connectivity index (χ0) is 14.8. The number of rotatable bonds is 4. The van der Waals surface area contributed by atoms with Crippen LogP contribution in [-0.4, -0.2) is 48.7 Å². The highest BCUT2D eigenvalue weighted by Crippen LogP contribution is 2.24. The SMILES string of the molecule is CCC1(O)CN(C(=O)C=Cc2ccc(N(C)C)cc2)C1. The number of hydrogen-bond acceptors (Lipinski definition) is 3. The third-order valence-corrected chi connectivity index (χ3v) is 3.77. The van der Waals surface area contributed by atoms with Gasteiger partial charge in [0.25, 0.3) is 0 Å². The van der Waals surface area contributed by atoms with Crippen LogP contribution in [0.25, 0.3) is 6.08 Å². The smallest absolute Gasteiger partial charge is 0.246 e. The fraction of sp³-hybridized carbons (Fsp3) is 0.438. The molecule has 108 valence electrons. The lowest BCUT2D eigenvalue weighted by atomic mass is 9.91. The number of anilines is 1. The molecular weight excluding hydrogens is 252 g/mol. The maximum atomic E-state index is 11.9. The van der Waals surface area contributed by atoms with Crippen molar-refractivity contribution in [2.45, 2.75) is 18.9 Å². The molecule has 0 spiro atoms. The molecule has 4 nitrogen and oxygen atoms in total. The molecule has 1 aliphatic rings. The topological polar surface area (TPSA) is 43.8 Å². The van der Waals surface area contributed by atoms with Crippen LogP contribution in [0.3, 0.4) is 0 Å². The van der Waals surface area contributed by atoms with Gasteiger partial charge in [-0.05, 0) is 30.2 Å². The number of carbonyl (C=O) groups excluding carboxylic acids is 1. The van der Waals surface area contributed by atoms with E-state index in [2.05, 4.69) is 0 Å². The lowest BCUT2D eigenvalue weighted by Gasteiger charge is -2.45. The van der Waals surface area contributed by atoms with Crippen LogP contribution in [0.15, 0.2) is 30.3 Å². The number of aliphatic hydroxyl groups is 1. The zero-order valence-corrected chi connectivity index (χ0v) is 12.3. The number of likely N-dealkylation sites (tertiary alicyclic amines) is 1. The van der Waals surface area contributed by atoms with E-state index >= 15 is 0 Å². The van der Waals surface area contributed by atoms with Crippen molar-refractivity contribution in [3.63, 3.8) is 0 Å². The van der Waals surface area contributed by atoms with Crippen molar-refractivity contribution in [1.29, 1.82) is 0 Å². The second-order valence-electron chi connectivity index (χ2n) is 5.59. The molecule has 0 aromatic heterocycles. The lowest BCUT2D eigenvalue weighted by molar-refractivity contribution is -0.150. The van der Waals surface area contributed by atoms with Crippen molar-refractivity contribution in [2.24, 2.45) is 0 Å². The zero-order valence-electron chi connectivity index (χ0n) is 12.3. The van der Waals surface area contributed by atoms with E-state index < -0.39 is 5.60 Å². The van der Waals surface area contributed by atoms with Crippen LogP contribution < -0.4 is 4.90 Å². The molecular formula is C16H22N2O2. The summed E-state index contributed by atoms with van der Waals surface area (Å²) in [6.07, 6.45) is 4.07. The summed E-state index contributed by atoms with van der Waals surface area (Å²) in [6.45, 7) is 2.81. The van der Waals surface area contributed by atoms with Crippen molar-refractivity contribution < 1.29 is 9.90 Å². The Morgan fingerprint density at radius 1 is 1.35 bits per heavy atom. The van der Waals surface area contributed by atoms with Gasteiger partial charge >= 0.3 is 0 Å². The van der Waals surface area contributed by atoms with Gasteiger partial charge in [-0.15, -0.1) is 0 Å². The third-order valence-electron chi connectivity index (χ3n) is 3.77. The van der Waals surface area contributed by atoms with E-state index in [1.54, 1.807) is 11.0 Å². The van der Waals surface area contributed by atoms with E-state index in [1.165, 1.54) is 0 Å². The molecule has 0 bridgehead atoms. The molecule has 20 heavy (non-hydrogen) atoms. The fourth-order valence-electron chi connectivity index (χ4n) is 2.20. The van der Waals surface area contributed by atoms with Crippen molar-refractivity contribution in [3.05, 3.63) is 35.9 Å². The summed E-state index contributed by atoms with van der Waals surface area (Å²) < 4.78 is 0. The summed E-state index contributed by atoms with van der Waals surface area (Å²) in [6, 6.07) is 8.00. The monoisotopic (exact) mass is 274 g/mol. The molecule has 1 aromatic rings. The first-order valence-corrected chi connectivity index (χ1v) is 6.90. The Kier molecular flexibility index (Phi) is 4.14. The molecule has 4 heteroatoms. The number of benzene rings is 1. The number of amides is 1. The number of hydrogen-bond donors (Lipinski definition) is 1. The van der Waals surface area contributed by atoms with Crippen LogP contribution in [0, 0.1) is 0 Å². The summed E-state index contributed by atoms with van der Waals surface area (Å²) in [5.74, 6) is -0.0418. The van der Waals surface area contributed by atoms with E-state index in [0.717, 1.165) is 11.3 Å². The predicted octanol–water partition coefficient (Wildman–Crippen LogP) is 1.75. The van der Waals surface area contributed by atoms with Crippen LogP contribution in [0.4, 0.5) is 5.69 Å². The van der Waals surface area contributed by atoms with Gasteiger partial charge in [-0.25, -0.2) is 0 Å². The van der Waals surface area contributed by atoms with Gasteiger partial charge < -0.3 is 14.9 Å². The molecule has 0 radical (unpaired) electrons. The third kappa shape index (κ3) is 3.20. The molecule has 1 saturated heterocycles. The molecule has 1 aliphatic heterocycles. The number of nitrogens with zero attached hydrogens (tertiary/aromatic N) is 2. The van der Waals surface area contributed by atoms with Gasteiger partial charge in [0, 0.05) is 25.9 Å². The van der Waals surface area contributed by atoms with E-state index in [-0.39, 0.29) is 5.91 Å². The summed E-state index contributed by atoms with van der Waals surface area (Å²) in [4.78, 5) is 15.6. The van der Waals surface area contributed by atoms with Crippen molar-refractivity contribution in [1.82, 2.24) is 4.90 Å². The number of β-amino-alcohol motifs (C(OH)–C–C–N with tert-alkyl or cyclic N) is 1. The quantitative estimate of drug-likeness (QED) is 0.851. The van der Waals surface area contributed by atoms with Gasteiger partial charge in [0.05, 0.1) is 18.7 Å². The molecule has 2 rings (SSSR count). The highest BCUT2D eigenvalue weighted by molar-refractivity contribution is 5.92. The predicted molar refractivity (Wildman–Crippen MR) is 81.6 cm³/mol. The summed E-state index contributed by atoms with van der Waals surface area (Å²) in [5.41, 5.74) is 1.45. The summed E-state index contributed by atoms with van der Waals surface area (Å²) in [5, 5.41) is 9.88. The molecule has 1 heterocycles. The Morgan fingerprint density at radius 3 is 2.45 bits per heavy atom. The highest BCUT2D eigenvalue weighted by atomic mass is 16.3. The Bertz CT molecular complexity index is 500. The Labute approximate surface area is 120 Å². The van der Waals surface area contributed by atoms with E-state index in [4.69, 9.17) is 0 Å². The molecule has 1 amide bonds. The highest BCUT2D eigenvalue weighted by Gasteiger charge is 2.41. The van der Waals surface area contributed by atoms with Crippen LogP contribution in [0.2, 0.25) is 0 Å². The largest absolute Gasteiger partial charge is 0.386 e. The number of carbonyl (C=O) groups is 1. The van der Waals surface area contributed by atoms with E-state index in [0.29, 0.717) is 19.5 Å². The Balaban J connectivity index is 1.91. The minimum absolute atomic E-state index is 0.0418. The van der Waals surface area contributed by atoms with Crippen molar-refractivity contribution >= 4 is 17.7 Å². The van der Waals surface area contributed by atoms with Gasteiger partial charge in [-0.1, -0.05) is 19.1 Å². The Morgan fingerprint density at radius 2 is 1.95 bits per heavy atom. The molecule has 0 unspecified atom stereocenters. The van der Waals surface area contributed by atoms with Gasteiger partial charge in [0.1, 0.15) is 0 Å². The minimum Gasteiger partial charge on any atom is -0.386 e. The van der Waals surface area contributed by atoms with Gasteiger partial charge in [-0.2, -0.15) is 0 Å². The van der Waals surface area contributed by atoms with Gasteiger partial charge in [0.15, 0.2) is 0 Å². The average molecular weight is 274 g/mol. The Hall–Kier alpha value is -1.81. The van der Waals surface area contributed by atoms with Crippen molar-refractivity contribution in [2.75, 3.05) is 32.1 Å². The minimum atomic E-state index is -0.670. The summed E-state index contributed by atoms with van der Waals surface area (Å²) >= 11 is 0. The van der Waals surface area contributed by atoms with Crippen LogP contribution in [0.1, 0.15) is 18.9 Å². The summed E-state index contributed by atoms with van der Waals surface area (Å²) in [7, 11) is 3.99. The van der Waals surface area contributed by atoms with Crippen LogP contribution >= 0.6 is 0 Å². The van der Waals surface area contributed by atoms with E-state index in [9.17, 15) is 9.90 Å². The molecule has 1 N–H and O–H groups in total. The first-order chi connectivity index (χ1) is 9.43. The lowest BCUT2D eigenvalue weighted by Crippen LogP contribution is -2.62. The fourth-order valence-corrected chi connectivity index (χ4v) is 2.20. The van der Waals surface area contributed by atoms with Crippen LogP contribution in [-0.2, 0) is 4.79 Å². The molecule has 1 fully saturated rings. The first kappa shape index (κ1) is 14.6. The molecule has 0 atom stereocenters. The second-order valence-corrected chi connectivity index (χ2v) is 5.59. The average Bonchev–Trinajstić information content (AvgIpc) is 2.41. The second kappa shape index (κ2) is 5.67. The molecule has 1 aromatic carbocycles. The first-order valence-electron chi connectivity index (χ1n) is 6.90. The molecule has 0 saturated carbocycles. The van der Waals surface area contributed by atoms with Crippen LogP contribution in [0.5, 0.6) is 0 Å². The van der Waals surface area contributed by atoms with Gasteiger partial charge in [-0.3, -0.25) is 4.79 Å². The standard InChI is InChI=1S/C16H22N2O2/c1-4-16(20)11-18(12-16)15(19)10-7-13-5-8-14(9-6-13)17(2)3/h5-10,20H,4,11-12H2,1-3H3. The van der Waals surface area contributed by atoms with Gasteiger partial charge in [0.2, 0.25) is 5.91 Å². The maximum absolute atomic E-state index is 11.9. The maximum Gasteiger partial charge on any atom is 0.246 e. The van der Waals surface area contributed by atoms with E-state index in [1.807, 2.05) is 56.3 Å². The molecule has 0 aliphatic carbocycles.